The Hall–Kier alpha value is -2.36. The smallest absolute Gasteiger partial charge is 0.247 e. The van der Waals surface area contributed by atoms with Gasteiger partial charge in [-0.1, -0.05) is 18.7 Å². The van der Waals surface area contributed by atoms with Crippen LogP contribution in [0.5, 0.6) is 0 Å². The predicted molar refractivity (Wildman–Crippen MR) is 77.2 cm³/mol. The van der Waals surface area contributed by atoms with Crippen LogP contribution in [0.1, 0.15) is 24.8 Å². The molecule has 98 valence electrons. The number of allylic oxidation sites excluding steroid dienone is 2. The van der Waals surface area contributed by atoms with Crippen molar-refractivity contribution in [3.05, 3.63) is 53.8 Å². The van der Waals surface area contributed by atoms with Gasteiger partial charge in [0, 0.05) is 16.9 Å². The number of nitrogens with one attached hydrogen (secondary N) is 2. The molecule has 0 bridgehead atoms. The molecule has 1 amide bonds. The molecular weight excluding hydrogens is 238 g/mol. The predicted octanol–water partition coefficient (Wildman–Crippen LogP) is 2.58. The summed E-state index contributed by atoms with van der Waals surface area (Å²) in [6.45, 7) is 3.41. The summed E-state index contributed by atoms with van der Waals surface area (Å²) < 4.78 is 0. The van der Waals surface area contributed by atoms with Gasteiger partial charge in [-0.05, 0) is 43.0 Å². The Morgan fingerprint density at radius 1 is 1.42 bits per heavy atom. The third-order valence-electron chi connectivity index (χ3n) is 3.17. The van der Waals surface area contributed by atoms with Crippen LogP contribution in [0.3, 0.4) is 0 Å². The average Bonchev–Trinajstić information content (AvgIpc) is 2.84. The van der Waals surface area contributed by atoms with Crippen LogP contribution in [0.15, 0.2) is 48.2 Å². The molecule has 19 heavy (non-hydrogen) atoms. The van der Waals surface area contributed by atoms with E-state index in [4.69, 9.17) is 11.1 Å². The molecule has 1 aliphatic rings. The van der Waals surface area contributed by atoms with Crippen molar-refractivity contribution in [2.45, 2.75) is 19.3 Å². The maximum absolute atomic E-state index is 11.3. The number of carbonyl (C=O) groups excluding carboxylic acids is 1. The second-order valence-electron chi connectivity index (χ2n) is 4.51. The van der Waals surface area contributed by atoms with Crippen LogP contribution < -0.4 is 11.1 Å². The second-order valence-corrected chi connectivity index (χ2v) is 4.51. The highest BCUT2D eigenvalue weighted by Crippen LogP contribution is 2.26. The van der Waals surface area contributed by atoms with Crippen molar-refractivity contribution in [1.29, 1.82) is 5.41 Å². The minimum atomic E-state index is -0.261. The minimum Gasteiger partial charge on any atom is -0.402 e. The first-order valence-corrected chi connectivity index (χ1v) is 6.22. The van der Waals surface area contributed by atoms with Gasteiger partial charge in [0.15, 0.2) is 0 Å². The first-order chi connectivity index (χ1) is 9.11. The highest BCUT2D eigenvalue weighted by atomic mass is 16.1. The molecule has 2 rings (SSSR count). The fourth-order valence-electron chi connectivity index (χ4n) is 2.17. The molecule has 4 heteroatoms. The van der Waals surface area contributed by atoms with Gasteiger partial charge >= 0.3 is 0 Å². The third kappa shape index (κ3) is 2.91. The zero-order valence-electron chi connectivity index (χ0n) is 10.7. The molecule has 0 aromatic heterocycles. The Kier molecular flexibility index (Phi) is 3.80. The van der Waals surface area contributed by atoms with Crippen LogP contribution in [-0.4, -0.2) is 11.6 Å². The maximum atomic E-state index is 11.3. The fraction of sp³-hybridized carbons (Fsp3) is 0.200. The number of anilines is 1. The van der Waals surface area contributed by atoms with Crippen molar-refractivity contribution in [1.82, 2.24) is 0 Å². The van der Waals surface area contributed by atoms with Crippen LogP contribution in [-0.2, 0) is 4.79 Å². The molecule has 0 aliphatic heterocycles. The van der Waals surface area contributed by atoms with Crippen LogP contribution >= 0.6 is 0 Å². The molecule has 0 fully saturated rings. The highest BCUT2D eigenvalue weighted by molar-refractivity contribution is 6.12. The normalized spacial score (nSPS) is 14.3. The van der Waals surface area contributed by atoms with Crippen molar-refractivity contribution in [3.8, 4) is 0 Å². The molecule has 0 spiro atoms. The first kappa shape index (κ1) is 13.1. The summed E-state index contributed by atoms with van der Waals surface area (Å²) in [7, 11) is 0. The van der Waals surface area contributed by atoms with Gasteiger partial charge in [0.25, 0.3) is 0 Å². The van der Waals surface area contributed by atoms with Crippen molar-refractivity contribution < 1.29 is 4.79 Å². The number of hydrogen-bond acceptors (Lipinski definition) is 3. The summed E-state index contributed by atoms with van der Waals surface area (Å²) in [6.07, 6.45) is 3.95. The van der Waals surface area contributed by atoms with Gasteiger partial charge in [-0.3, -0.25) is 10.2 Å². The Morgan fingerprint density at radius 3 is 2.84 bits per heavy atom. The maximum Gasteiger partial charge on any atom is 0.247 e. The SMILES string of the molecule is C=CC(=O)Nc1cccc(C(=N)C2=C(N)CCC2)c1. The van der Waals surface area contributed by atoms with Crippen molar-refractivity contribution in [2.24, 2.45) is 5.73 Å². The van der Waals surface area contributed by atoms with Gasteiger partial charge < -0.3 is 11.1 Å². The molecule has 4 nitrogen and oxygen atoms in total. The van der Waals surface area contributed by atoms with Gasteiger partial charge in [0.05, 0.1) is 5.71 Å². The van der Waals surface area contributed by atoms with Gasteiger partial charge in [-0.2, -0.15) is 0 Å². The number of hydrogen-bond donors (Lipinski definition) is 3. The molecule has 1 aromatic carbocycles. The Morgan fingerprint density at radius 2 is 2.21 bits per heavy atom. The second kappa shape index (κ2) is 5.52. The fourth-order valence-corrected chi connectivity index (χ4v) is 2.17. The molecule has 0 radical (unpaired) electrons. The lowest BCUT2D eigenvalue weighted by Gasteiger charge is -2.09. The number of carbonyl (C=O) groups is 1. The van der Waals surface area contributed by atoms with Crippen LogP contribution in [0.2, 0.25) is 0 Å². The molecule has 0 unspecified atom stereocenters. The summed E-state index contributed by atoms with van der Waals surface area (Å²) in [5.74, 6) is -0.261. The Labute approximate surface area is 112 Å². The van der Waals surface area contributed by atoms with Crippen LogP contribution in [0, 0.1) is 5.41 Å². The third-order valence-corrected chi connectivity index (χ3v) is 3.17. The monoisotopic (exact) mass is 255 g/mol. The molecule has 0 saturated carbocycles. The zero-order valence-corrected chi connectivity index (χ0v) is 10.7. The average molecular weight is 255 g/mol. The zero-order chi connectivity index (χ0) is 13.8. The van der Waals surface area contributed by atoms with E-state index in [0.717, 1.165) is 36.1 Å². The summed E-state index contributed by atoms with van der Waals surface area (Å²) in [5.41, 5.74) is 9.52. The Balaban J connectivity index is 2.23. The van der Waals surface area contributed by atoms with E-state index in [0.29, 0.717) is 11.4 Å². The van der Waals surface area contributed by atoms with E-state index in [1.54, 1.807) is 12.1 Å². The number of rotatable bonds is 4. The molecule has 1 aliphatic carbocycles. The van der Waals surface area contributed by atoms with Crippen molar-refractivity contribution >= 4 is 17.3 Å². The summed E-state index contributed by atoms with van der Waals surface area (Å²) in [4.78, 5) is 11.3. The van der Waals surface area contributed by atoms with Gasteiger partial charge in [-0.15, -0.1) is 0 Å². The van der Waals surface area contributed by atoms with E-state index in [9.17, 15) is 4.79 Å². The van der Waals surface area contributed by atoms with E-state index in [-0.39, 0.29) is 5.91 Å². The molecular formula is C15H17N3O. The Bertz CT molecular complexity index is 573. The number of amides is 1. The number of nitrogens with two attached hydrogens (primary N) is 1. The first-order valence-electron chi connectivity index (χ1n) is 6.22. The van der Waals surface area contributed by atoms with Crippen molar-refractivity contribution in [2.75, 3.05) is 5.32 Å². The van der Waals surface area contributed by atoms with Gasteiger partial charge in [-0.25, -0.2) is 0 Å². The summed E-state index contributed by atoms with van der Waals surface area (Å²) in [6, 6.07) is 7.23. The highest BCUT2D eigenvalue weighted by Gasteiger charge is 2.17. The standard InChI is InChI=1S/C15H17N3O/c1-2-14(19)18-11-6-3-5-10(9-11)15(17)12-7-4-8-13(12)16/h2-3,5-6,9,17H,1,4,7-8,16H2,(H,18,19). The van der Waals surface area contributed by atoms with Crippen LogP contribution in [0.4, 0.5) is 5.69 Å². The lowest BCUT2D eigenvalue weighted by molar-refractivity contribution is -0.111. The van der Waals surface area contributed by atoms with E-state index in [1.165, 1.54) is 6.08 Å². The molecule has 0 saturated heterocycles. The van der Waals surface area contributed by atoms with Gasteiger partial charge in [0.1, 0.15) is 0 Å². The van der Waals surface area contributed by atoms with E-state index < -0.39 is 0 Å². The molecule has 1 aromatic rings. The summed E-state index contributed by atoms with van der Waals surface area (Å²) >= 11 is 0. The minimum absolute atomic E-state index is 0.261. The molecule has 0 heterocycles. The lowest BCUT2D eigenvalue weighted by atomic mass is 10.0. The molecule has 0 atom stereocenters. The van der Waals surface area contributed by atoms with Crippen LogP contribution in [0.25, 0.3) is 0 Å². The van der Waals surface area contributed by atoms with Crippen molar-refractivity contribution in [3.63, 3.8) is 0 Å². The largest absolute Gasteiger partial charge is 0.402 e. The topological polar surface area (TPSA) is 79.0 Å². The van der Waals surface area contributed by atoms with E-state index in [2.05, 4.69) is 11.9 Å². The molecule has 4 N–H and O–H groups in total. The van der Waals surface area contributed by atoms with Gasteiger partial charge in [0.2, 0.25) is 5.91 Å². The van der Waals surface area contributed by atoms with E-state index in [1.807, 2.05) is 12.1 Å². The van der Waals surface area contributed by atoms with E-state index >= 15 is 0 Å². The number of benzene rings is 1. The quantitative estimate of drug-likeness (QED) is 0.571. The summed E-state index contributed by atoms with van der Waals surface area (Å²) in [5, 5.41) is 10.9. The lowest BCUT2D eigenvalue weighted by Crippen LogP contribution is -2.10.